The smallest absolute Gasteiger partial charge is 0.189 e. The molecule has 0 unspecified atom stereocenters. The lowest BCUT2D eigenvalue weighted by Crippen LogP contribution is -2.09. The quantitative estimate of drug-likeness (QED) is 0.528. The number of amidine groups is 1. The highest BCUT2D eigenvalue weighted by Gasteiger charge is 2.08. The summed E-state index contributed by atoms with van der Waals surface area (Å²) in [5, 5.41) is 1.96. The molecular formula is C17H17Cl2N3S. The molecule has 0 fully saturated rings. The van der Waals surface area contributed by atoms with Crippen LogP contribution in [0.25, 0.3) is 0 Å². The third-order valence-electron chi connectivity index (χ3n) is 2.79. The zero-order valence-electron chi connectivity index (χ0n) is 12.9. The Morgan fingerprint density at radius 2 is 1.70 bits per heavy atom. The first-order valence-electron chi connectivity index (χ1n) is 6.96. The van der Waals surface area contributed by atoms with E-state index in [4.69, 9.17) is 23.2 Å². The minimum absolute atomic E-state index is 0.606. The summed E-state index contributed by atoms with van der Waals surface area (Å²) in [5.74, 6) is 0.606. The van der Waals surface area contributed by atoms with Crippen molar-refractivity contribution in [1.82, 2.24) is 4.90 Å². The summed E-state index contributed by atoms with van der Waals surface area (Å²) in [6, 6.07) is 15.2. The van der Waals surface area contributed by atoms with Crippen LogP contribution in [0, 0.1) is 0 Å². The number of aliphatic imine (C=N–C) groups is 2. The summed E-state index contributed by atoms with van der Waals surface area (Å²) < 4.78 is 0. The van der Waals surface area contributed by atoms with E-state index in [1.807, 2.05) is 67.5 Å². The molecule has 6 heteroatoms. The van der Waals surface area contributed by atoms with E-state index >= 15 is 0 Å². The molecule has 0 N–H and O–H groups in total. The average molecular weight is 366 g/mol. The van der Waals surface area contributed by atoms with Gasteiger partial charge in [0.1, 0.15) is 0 Å². The largest absolute Gasteiger partial charge is 0.369 e. The molecule has 2 aromatic rings. The predicted octanol–water partition coefficient (Wildman–Crippen LogP) is 5.50. The summed E-state index contributed by atoms with van der Waals surface area (Å²) in [4.78, 5) is 10.9. The van der Waals surface area contributed by atoms with E-state index < -0.39 is 0 Å². The Morgan fingerprint density at radius 1 is 1.04 bits per heavy atom. The first-order valence-corrected chi connectivity index (χ1v) is 8.70. The van der Waals surface area contributed by atoms with E-state index in [2.05, 4.69) is 9.98 Å². The van der Waals surface area contributed by atoms with E-state index in [0.717, 1.165) is 11.3 Å². The van der Waals surface area contributed by atoms with Crippen molar-refractivity contribution >= 4 is 52.2 Å². The molecule has 2 aromatic carbocycles. The zero-order chi connectivity index (χ0) is 16.7. The number of rotatable bonds is 4. The van der Waals surface area contributed by atoms with E-state index in [-0.39, 0.29) is 0 Å². The lowest BCUT2D eigenvalue weighted by molar-refractivity contribution is 0.644. The highest BCUT2D eigenvalue weighted by Crippen LogP contribution is 2.29. The van der Waals surface area contributed by atoms with Gasteiger partial charge in [0.25, 0.3) is 0 Å². The molecule has 0 aliphatic carbocycles. The highest BCUT2D eigenvalue weighted by molar-refractivity contribution is 8.13. The van der Waals surface area contributed by atoms with E-state index in [1.165, 1.54) is 11.8 Å². The van der Waals surface area contributed by atoms with Crippen LogP contribution < -0.4 is 0 Å². The van der Waals surface area contributed by atoms with Gasteiger partial charge in [0.15, 0.2) is 5.17 Å². The van der Waals surface area contributed by atoms with Crippen molar-refractivity contribution in [2.75, 3.05) is 14.1 Å². The van der Waals surface area contributed by atoms with Crippen LogP contribution in [0.3, 0.4) is 0 Å². The van der Waals surface area contributed by atoms with Crippen LogP contribution >= 0.6 is 35.0 Å². The van der Waals surface area contributed by atoms with Gasteiger partial charge in [0.2, 0.25) is 0 Å². The normalized spacial score (nSPS) is 11.9. The van der Waals surface area contributed by atoms with Crippen LogP contribution in [0.1, 0.15) is 5.56 Å². The van der Waals surface area contributed by atoms with Crippen LogP contribution in [0.2, 0.25) is 10.0 Å². The van der Waals surface area contributed by atoms with Crippen molar-refractivity contribution in [3.8, 4) is 0 Å². The minimum Gasteiger partial charge on any atom is -0.369 e. The second-order valence-corrected chi connectivity index (χ2v) is 6.68. The van der Waals surface area contributed by atoms with Crippen LogP contribution in [0.5, 0.6) is 0 Å². The fraction of sp³-hybridized carbons (Fsp3) is 0.176. The highest BCUT2D eigenvalue weighted by atomic mass is 35.5. The van der Waals surface area contributed by atoms with Crippen molar-refractivity contribution < 1.29 is 0 Å². The molecule has 0 spiro atoms. The van der Waals surface area contributed by atoms with Crippen molar-refractivity contribution in [2.45, 2.75) is 5.75 Å². The minimum atomic E-state index is 0.606. The molecule has 0 radical (unpaired) electrons. The monoisotopic (exact) mass is 365 g/mol. The lowest BCUT2D eigenvalue weighted by Gasteiger charge is -2.08. The molecule has 0 heterocycles. The van der Waals surface area contributed by atoms with E-state index in [1.54, 1.807) is 6.34 Å². The molecular weight excluding hydrogens is 349 g/mol. The Morgan fingerprint density at radius 3 is 2.30 bits per heavy atom. The third-order valence-corrected chi connectivity index (χ3v) is 4.38. The molecule has 0 aliphatic heterocycles. The van der Waals surface area contributed by atoms with Gasteiger partial charge in [-0.2, -0.15) is 0 Å². The first-order chi connectivity index (χ1) is 11.1. The van der Waals surface area contributed by atoms with Gasteiger partial charge in [-0.15, -0.1) is 0 Å². The predicted molar refractivity (Wildman–Crippen MR) is 103 cm³/mol. The number of halogens is 2. The molecule has 2 rings (SSSR count). The molecule has 3 nitrogen and oxygen atoms in total. The number of para-hydroxylation sites is 1. The van der Waals surface area contributed by atoms with Crippen molar-refractivity contribution in [1.29, 1.82) is 0 Å². The van der Waals surface area contributed by atoms with Gasteiger partial charge in [-0.05, 0) is 29.8 Å². The summed E-state index contributed by atoms with van der Waals surface area (Å²) >= 11 is 13.9. The van der Waals surface area contributed by atoms with Gasteiger partial charge in [-0.25, -0.2) is 9.98 Å². The molecule has 120 valence electrons. The van der Waals surface area contributed by atoms with E-state index in [9.17, 15) is 0 Å². The Labute approximate surface area is 151 Å². The van der Waals surface area contributed by atoms with Crippen molar-refractivity contribution in [3.63, 3.8) is 0 Å². The van der Waals surface area contributed by atoms with Gasteiger partial charge in [0.05, 0.1) is 12.0 Å². The van der Waals surface area contributed by atoms with E-state index in [0.29, 0.717) is 21.0 Å². The van der Waals surface area contributed by atoms with Gasteiger partial charge in [-0.1, -0.05) is 59.2 Å². The lowest BCUT2D eigenvalue weighted by atomic mass is 10.2. The second kappa shape index (κ2) is 8.96. The fourth-order valence-corrected chi connectivity index (χ4v) is 3.25. The van der Waals surface area contributed by atoms with Crippen LogP contribution in [0.15, 0.2) is 58.5 Å². The number of hydrogen-bond acceptors (Lipinski definition) is 2. The molecule has 0 saturated carbocycles. The van der Waals surface area contributed by atoms with Crippen LogP contribution in [0.4, 0.5) is 5.69 Å². The number of nitrogens with zero attached hydrogens (tertiary/aromatic N) is 3. The molecule has 0 atom stereocenters. The maximum Gasteiger partial charge on any atom is 0.189 e. The second-order valence-electron chi connectivity index (χ2n) is 4.93. The summed E-state index contributed by atoms with van der Waals surface area (Å²) in [5.41, 5.74) is 1.75. The zero-order valence-corrected chi connectivity index (χ0v) is 15.2. The topological polar surface area (TPSA) is 28.0 Å². The third kappa shape index (κ3) is 5.90. The maximum atomic E-state index is 6.22. The molecule has 0 aliphatic rings. The molecule has 23 heavy (non-hydrogen) atoms. The number of hydrogen-bond donors (Lipinski definition) is 0. The number of benzene rings is 2. The van der Waals surface area contributed by atoms with Crippen LogP contribution in [-0.2, 0) is 5.75 Å². The van der Waals surface area contributed by atoms with Crippen molar-refractivity contribution in [3.05, 3.63) is 64.1 Å². The summed E-state index contributed by atoms with van der Waals surface area (Å²) in [6.45, 7) is 0. The maximum absolute atomic E-state index is 6.22. The molecule has 0 amide bonds. The van der Waals surface area contributed by atoms with Gasteiger partial charge in [-0.3, -0.25) is 0 Å². The van der Waals surface area contributed by atoms with Crippen molar-refractivity contribution in [2.24, 2.45) is 9.98 Å². The number of thioether (sulfide) groups is 1. The fourth-order valence-electron chi connectivity index (χ4n) is 1.68. The standard InChI is InChI=1S/C17H17Cl2N3S/c1-22(2)12-20-17(21-13-7-4-3-5-8-13)23-11-14-15(18)9-6-10-16(14)19/h3-10,12H,11H2,1-2H3. The van der Waals surface area contributed by atoms with Crippen LogP contribution in [-0.4, -0.2) is 30.5 Å². The first kappa shape index (κ1) is 17.9. The Bertz CT molecular complexity index is 680. The summed E-state index contributed by atoms with van der Waals surface area (Å²) in [6.07, 6.45) is 1.73. The Kier molecular flexibility index (Phi) is 6.96. The molecule has 0 aromatic heterocycles. The van der Waals surface area contributed by atoms with Gasteiger partial charge < -0.3 is 4.90 Å². The van der Waals surface area contributed by atoms with Gasteiger partial charge in [0, 0.05) is 29.9 Å². The SMILES string of the molecule is CN(C)C=NC(=Nc1ccccc1)SCc1c(Cl)cccc1Cl. The molecule has 0 bridgehead atoms. The Balaban J connectivity index is 2.20. The summed E-state index contributed by atoms with van der Waals surface area (Å²) in [7, 11) is 3.83. The Hall–Kier alpha value is -1.49. The molecule has 0 saturated heterocycles. The average Bonchev–Trinajstić information content (AvgIpc) is 2.52. The van der Waals surface area contributed by atoms with Gasteiger partial charge >= 0.3 is 0 Å².